The fourth-order valence-electron chi connectivity index (χ4n) is 3.73. The first kappa shape index (κ1) is 20.1. The third-order valence-corrected chi connectivity index (χ3v) is 6.54. The van der Waals surface area contributed by atoms with Crippen LogP contribution < -0.4 is 9.64 Å². The molecule has 0 saturated heterocycles. The van der Waals surface area contributed by atoms with Crippen molar-refractivity contribution < 1.29 is 17.9 Å². The second kappa shape index (κ2) is 7.41. The number of aromatic nitrogens is 4. The van der Waals surface area contributed by atoms with Crippen molar-refractivity contribution in [1.29, 1.82) is 0 Å². The van der Waals surface area contributed by atoms with E-state index >= 15 is 0 Å². The molecule has 5 rings (SSSR count). The first-order chi connectivity index (χ1) is 15.3. The number of sulfone groups is 1. The largest absolute Gasteiger partial charge is 0.478 e. The summed E-state index contributed by atoms with van der Waals surface area (Å²) in [5.74, 6) is 0.696. The van der Waals surface area contributed by atoms with E-state index in [0.717, 1.165) is 28.2 Å². The van der Waals surface area contributed by atoms with Gasteiger partial charge in [-0.25, -0.2) is 23.4 Å². The van der Waals surface area contributed by atoms with Gasteiger partial charge in [0, 0.05) is 12.5 Å². The van der Waals surface area contributed by atoms with Crippen LogP contribution in [0.15, 0.2) is 60.0 Å². The highest BCUT2D eigenvalue weighted by Crippen LogP contribution is 2.31. The molecule has 0 atom stereocenters. The van der Waals surface area contributed by atoms with Crippen molar-refractivity contribution in [3.8, 4) is 16.9 Å². The number of hydrogen-bond donors (Lipinski definition) is 0. The minimum Gasteiger partial charge on any atom is -0.478 e. The highest BCUT2D eigenvalue weighted by Gasteiger charge is 2.28. The normalized spacial score (nSPS) is 13.8. The number of pyridine rings is 1. The Hall–Kier alpha value is -3.79. The van der Waals surface area contributed by atoms with E-state index in [-0.39, 0.29) is 24.0 Å². The Kier molecular flexibility index (Phi) is 4.66. The number of amides is 1. The summed E-state index contributed by atoms with van der Waals surface area (Å²) in [5, 5.41) is 0. The molecule has 3 aromatic heterocycles. The third kappa shape index (κ3) is 3.48. The molecule has 162 valence electrons. The summed E-state index contributed by atoms with van der Waals surface area (Å²) in [5.41, 5.74) is 4.15. The number of carbonyl (C=O) groups excluding carboxylic acids is 1. The molecule has 0 unspecified atom stereocenters. The van der Waals surface area contributed by atoms with Crippen molar-refractivity contribution >= 4 is 27.2 Å². The number of imidazole rings is 1. The molecule has 0 N–H and O–H groups in total. The second-order valence-electron chi connectivity index (χ2n) is 7.57. The quantitative estimate of drug-likeness (QED) is 0.471. The summed E-state index contributed by atoms with van der Waals surface area (Å²) in [4.78, 5) is 27.2. The Morgan fingerprint density at radius 2 is 1.84 bits per heavy atom. The number of fused-ring (bicyclic) bond motifs is 2. The van der Waals surface area contributed by atoms with Crippen LogP contribution in [0.1, 0.15) is 11.4 Å². The van der Waals surface area contributed by atoms with Crippen LogP contribution in [0.2, 0.25) is 0 Å². The maximum atomic E-state index is 12.6. The molecule has 1 amide bonds. The number of ether oxygens (including phenoxy) is 1. The second-order valence-corrected chi connectivity index (χ2v) is 9.58. The van der Waals surface area contributed by atoms with Crippen molar-refractivity contribution in [2.24, 2.45) is 0 Å². The average Bonchev–Trinajstić information content (AvgIpc) is 3.09. The number of anilines is 1. The Labute approximate surface area is 184 Å². The molecular weight excluding hydrogens is 430 g/mol. The van der Waals surface area contributed by atoms with E-state index in [1.807, 2.05) is 29.7 Å². The van der Waals surface area contributed by atoms with Crippen LogP contribution in [0.4, 0.5) is 5.82 Å². The first-order valence-electron chi connectivity index (χ1n) is 9.82. The summed E-state index contributed by atoms with van der Waals surface area (Å²) in [7, 11) is -3.26. The van der Waals surface area contributed by atoms with Crippen molar-refractivity contribution in [3.63, 3.8) is 0 Å². The van der Waals surface area contributed by atoms with Gasteiger partial charge in [-0.2, -0.15) is 0 Å². The van der Waals surface area contributed by atoms with Gasteiger partial charge in [0.1, 0.15) is 12.0 Å². The molecule has 1 aromatic carbocycles. The molecule has 0 bridgehead atoms. The fraction of sp³-hybridized carbons (Fsp3) is 0.182. The standard InChI is InChI=1S/C22H19N5O4S/c1-14-18(11-27-21(28)12-31-19-9-23-13-24-22(19)27)26-10-16(5-8-20(26)25-14)15-3-6-17(7-4-15)32(2,29)30/h3-10,13H,11-12H2,1-2H3. The molecular formula is C22H19N5O4S. The van der Waals surface area contributed by atoms with E-state index < -0.39 is 9.84 Å². The summed E-state index contributed by atoms with van der Waals surface area (Å²) in [6, 6.07) is 10.6. The molecule has 0 spiro atoms. The van der Waals surface area contributed by atoms with Gasteiger partial charge >= 0.3 is 0 Å². The minimum atomic E-state index is -3.26. The zero-order valence-electron chi connectivity index (χ0n) is 17.4. The highest BCUT2D eigenvalue weighted by atomic mass is 32.2. The molecule has 0 radical (unpaired) electrons. The van der Waals surface area contributed by atoms with E-state index in [0.29, 0.717) is 11.6 Å². The van der Waals surface area contributed by atoms with Crippen LogP contribution in [-0.2, 0) is 21.2 Å². The summed E-state index contributed by atoms with van der Waals surface area (Å²) in [6.45, 7) is 2.10. The van der Waals surface area contributed by atoms with Crippen LogP contribution in [-0.4, -0.2) is 46.5 Å². The number of aryl methyl sites for hydroxylation is 1. The van der Waals surface area contributed by atoms with E-state index in [2.05, 4.69) is 15.0 Å². The van der Waals surface area contributed by atoms with Crippen molar-refractivity contribution in [2.45, 2.75) is 18.4 Å². The molecule has 4 heterocycles. The van der Waals surface area contributed by atoms with Gasteiger partial charge in [-0.3, -0.25) is 9.69 Å². The van der Waals surface area contributed by atoms with Crippen LogP contribution in [0.5, 0.6) is 5.75 Å². The molecule has 1 aliphatic heterocycles. The molecule has 0 fully saturated rings. The van der Waals surface area contributed by atoms with E-state index in [1.165, 1.54) is 12.6 Å². The SMILES string of the molecule is Cc1nc2ccc(-c3ccc(S(C)(=O)=O)cc3)cn2c1CN1C(=O)COc2cncnc21. The van der Waals surface area contributed by atoms with Crippen molar-refractivity contribution in [3.05, 3.63) is 66.5 Å². The molecule has 0 aliphatic carbocycles. The maximum Gasteiger partial charge on any atom is 0.266 e. The van der Waals surface area contributed by atoms with Gasteiger partial charge in [0.15, 0.2) is 28.0 Å². The summed E-state index contributed by atoms with van der Waals surface area (Å²) < 4.78 is 30.9. The summed E-state index contributed by atoms with van der Waals surface area (Å²) >= 11 is 0. The highest BCUT2D eigenvalue weighted by molar-refractivity contribution is 7.90. The van der Waals surface area contributed by atoms with Gasteiger partial charge in [-0.15, -0.1) is 0 Å². The molecule has 32 heavy (non-hydrogen) atoms. The van der Waals surface area contributed by atoms with E-state index in [4.69, 9.17) is 4.74 Å². The zero-order chi connectivity index (χ0) is 22.5. The van der Waals surface area contributed by atoms with Gasteiger partial charge in [0.05, 0.1) is 29.0 Å². The predicted molar refractivity (Wildman–Crippen MR) is 117 cm³/mol. The lowest BCUT2D eigenvalue weighted by atomic mass is 10.1. The third-order valence-electron chi connectivity index (χ3n) is 5.41. The topological polar surface area (TPSA) is 107 Å². The van der Waals surface area contributed by atoms with Gasteiger partial charge < -0.3 is 9.14 Å². The molecule has 0 saturated carbocycles. The van der Waals surface area contributed by atoms with Crippen molar-refractivity contribution in [1.82, 2.24) is 19.4 Å². The monoisotopic (exact) mass is 449 g/mol. The Morgan fingerprint density at radius 3 is 2.59 bits per heavy atom. The number of carbonyl (C=O) groups is 1. The number of benzene rings is 1. The Bertz CT molecular complexity index is 1460. The van der Waals surface area contributed by atoms with E-state index in [9.17, 15) is 13.2 Å². The van der Waals surface area contributed by atoms with Gasteiger partial charge in [0.2, 0.25) is 0 Å². The lowest BCUT2D eigenvalue weighted by molar-refractivity contribution is -0.121. The molecule has 10 heteroatoms. The number of hydrogen-bond acceptors (Lipinski definition) is 7. The molecule has 1 aliphatic rings. The van der Waals surface area contributed by atoms with Gasteiger partial charge in [-0.1, -0.05) is 12.1 Å². The maximum absolute atomic E-state index is 12.6. The van der Waals surface area contributed by atoms with Crippen LogP contribution in [0.3, 0.4) is 0 Å². The Morgan fingerprint density at radius 1 is 1.09 bits per heavy atom. The minimum absolute atomic E-state index is 0.0753. The summed E-state index contributed by atoms with van der Waals surface area (Å²) in [6.07, 6.45) is 6.05. The Balaban J connectivity index is 1.55. The number of nitrogens with zero attached hydrogens (tertiary/aromatic N) is 5. The zero-order valence-corrected chi connectivity index (χ0v) is 18.2. The number of rotatable bonds is 4. The van der Waals surface area contributed by atoms with Crippen LogP contribution in [0.25, 0.3) is 16.8 Å². The fourth-order valence-corrected chi connectivity index (χ4v) is 4.36. The van der Waals surface area contributed by atoms with Crippen LogP contribution >= 0.6 is 0 Å². The van der Waals surface area contributed by atoms with Gasteiger partial charge in [-0.05, 0) is 42.3 Å². The average molecular weight is 449 g/mol. The molecule has 9 nitrogen and oxygen atoms in total. The smallest absolute Gasteiger partial charge is 0.266 e. The lowest BCUT2D eigenvalue weighted by Gasteiger charge is -2.27. The van der Waals surface area contributed by atoms with Crippen molar-refractivity contribution in [2.75, 3.05) is 17.8 Å². The predicted octanol–water partition coefficient (Wildman–Crippen LogP) is 2.43. The van der Waals surface area contributed by atoms with Crippen LogP contribution in [0, 0.1) is 6.92 Å². The molecule has 4 aromatic rings. The van der Waals surface area contributed by atoms with Gasteiger partial charge in [0.25, 0.3) is 5.91 Å². The van der Waals surface area contributed by atoms with E-state index in [1.54, 1.807) is 35.4 Å². The lowest BCUT2D eigenvalue weighted by Crippen LogP contribution is -2.39. The first-order valence-corrected chi connectivity index (χ1v) is 11.7.